The van der Waals surface area contributed by atoms with Gasteiger partial charge in [0.05, 0.1) is 32.2 Å². The zero-order valence-electron chi connectivity index (χ0n) is 8.84. The van der Waals surface area contributed by atoms with Crippen LogP contribution in [0.2, 0.25) is 0 Å². The van der Waals surface area contributed by atoms with Gasteiger partial charge in [0.25, 0.3) is 0 Å². The van der Waals surface area contributed by atoms with Gasteiger partial charge in [-0.05, 0) is 5.56 Å². The molecule has 4 heteroatoms. The van der Waals surface area contributed by atoms with Crippen molar-refractivity contribution in [1.29, 1.82) is 0 Å². The fraction of sp³-hybridized carbons (Fsp3) is 0.250. The molecule has 0 unspecified atom stereocenters. The van der Waals surface area contributed by atoms with Gasteiger partial charge in [0, 0.05) is 0 Å². The minimum Gasteiger partial charge on any atom is -0.375 e. The minimum absolute atomic E-state index is 0.317. The molecule has 0 aliphatic heterocycles. The summed E-state index contributed by atoms with van der Waals surface area (Å²) in [6.45, 7) is 1.66. The van der Waals surface area contributed by atoms with Crippen molar-refractivity contribution >= 4 is 0 Å². The first-order valence-electron chi connectivity index (χ1n) is 5.14. The molecule has 0 saturated carbocycles. The molecule has 0 bridgehead atoms. The van der Waals surface area contributed by atoms with Gasteiger partial charge in [0.1, 0.15) is 0 Å². The maximum Gasteiger partial charge on any atom is 0.161 e. The van der Waals surface area contributed by atoms with Crippen molar-refractivity contribution in [2.45, 2.75) is 13.2 Å². The summed E-state index contributed by atoms with van der Waals surface area (Å²) in [5, 5.41) is 3.82. The van der Waals surface area contributed by atoms with E-state index in [1.807, 2.05) is 30.3 Å². The summed E-state index contributed by atoms with van der Waals surface area (Å²) in [5.41, 5.74) is 1.13. The van der Waals surface area contributed by atoms with Crippen molar-refractivity contribution in [3.8, 4) is 0 Å². The molecule has 0 fully saturated rings. The van der Waals surface area contributed by atoms with Gasteiger partial charge in [-0.3, -0.25) is 4.68 Å². The van der Waals surface area contributed by atoms with Crippen LogP contribution in [0.1, 0.15) is 5.56 Å². The maximum atomic E-state index is 12.6. The summed E-state index contributed by atoms with van der Waals surface area (Å²) >= 11 is 0. The average Bonchev–Trinajstić information content (AvgIpc) is 2.72. The smallest absolute Gasteiger partial charge is 0.161 e. The van der Waals surface area contributed by atoms with Gasteiger partial charge in [-0.2, -0.15) is 5.10 Å². The molecule has 0 aliphatic carbocycles. The number of ether oxygens (including phenoxy) is 1. The van der Waals surface area contributed by atoms with Gasteiger partial charge >= 0.3 is 0 Å². The summed E-state index contributed by atoms with van der Waals surface area (Å²) in [4.78, 5) is 0. The third-order valence-corrected chi connectivity index (χ3v) is 2.18. The summed E-state index contributed by atoms with van der Waals surface area (Å²) in [5.74, 6) is -0.317. The second kappa shape index (κ2) is 5.42. The standard InChI is InChI=1S/C12H13FN2O/c13-12-8-14-15(9-12)6-7-16-10-11-4-2-1-3-5-11/h1-5,8-9H,6-7,10H2. The molecular formula is C12H13FN2O. The Morgan fingerprint density at radius 3 is 2.75 bits per heavy atom. The van der Waals surface area contributed by atoms with Crippen LogP contribution in [0.15, 0.2) is 42.7 Å². The molecule has 0 saturated heterocycles. The first kappa shape index (κ1) is 10.8. The predicted molar refractivity (Wildman–Crippen MR) is 58.3 cm³/mol. The number of hydrogen-bond donors (Lipinski definition) is 0. The summed E-state index contributed by atoms with van der Waals surface area (Å²) < 4.78 is 19.6. The van der Waals surface area contributed by atoms with E-state index in [4.69, 9.17) is 4.74 Å². The quantitative estimate of drug-likeness (QED) is 0.722. The average molecular weight is 220 g/mol. The summed E-state index contributed by atoms with van der Waals surface area (Å²) in [6, 6.07) is 9.93. The third-order valence-electron chi connectivity index (χ3n) is 2.18. The van der Waals surface area contributed by atoms with Crippen molar-refractivity contribution in [3.05, 3.63) is 54.1 Å². The van der Waals surface area contributed by atoms with E-state index >= 15 is 0 Å². The Kier molecular flexibility index (Phi) is 3.66. The molecule has 0 radical (unpaired) electrons. The van der Waals surface area contributed by atoms with Gasteiger partial charge in [0.2, 0.25) is 0 Å². The van der Waals surface area contributed by atoms with Gasteiger partial charge in [-0.1, -0.05) is 30.3 Å². The fourth-order valence-electron chi connectivity index (χ4n) is 1.38. The van der Waals surface area contributed by atoms with Crippen molar-refractivity contribution < 1.29 is 9.13 Å². The molecule has 1 aromatic carbocycles. The van der Waals surface area contributed by atoms with E-state index in [1.54, 1.807) is 0 Å². The fourth-order valence-corrected chi connectivity index (χ4v) is 1.38. The van der Waals surface area contributed by atoms with Gasteiger partial charge in [-0.25, -0.2) is 4.39 Å². The van der Waals surface area contributed by atoms with E-state index in [0.717, 1.165) is 5.56 Å². The Balaban J connectivity index is 1.69. The molecule has 0 aliphatic rings. The maximum absolute atomic E-state index is 12.6. The summed E-state index contributed by atoms with van der Waals surface area (Å²) in [6.07, 6.45) is 2.54. The normalized spacial score (nSPS) is 10.6. The van der Waals surface area contributed by atoms with Gasteiger partial charge < -0.3 is 4.74 Å². The highest BCUT2D eigenvalue weighted by Gasteiger charge is 1.96. The molecule has 1 heterocycles. The number of aromatic nitrogens is 2. The van der Waals surface area contributed by atoms with Crippen LogP contribution >= 0.6 is 0 Å². The molecule has 0 spiro atoms. The van der Waals surface area contributed by atoms with Crippen LogP contribution in [0, 0.1) is 5.82 Å². The Labute approximate surface area is 93.5 Å². The highest BCUT2D eigenvalue weighted by molar-refractivity contribution is 5.13. The molecule has 0 atom stereocenters. The van der Waals surface area contributed by atoms with E-state index in [9.17, 15) is 4.39 Å². The Morgan fingerprint density at radius 2 is 2.06 bits per heavy atom. The largest absolute Gasteiger partial charge is 0.375 e. The lowest BCUT2D eigenvalue weighted by Gasteiger charge is -2.04. The predicted octanol–water partition coefficient (Wildman–Crippen LogP) is 2.24. The van der Waals surface area contributed by atoms with E-state index in [-0.39, 0.29) is 5.82 Å². The lowest BCUT2D eigenvalue weighted by molar-refractivity contribution is 0.111. The van der Waals surface area contributed by atoms with Crippen LogP contribution in [0.4, 0.5) is 4.39 Å². The monoisotopic (exact) mass is 220 g/mol. The van der Waals surface area contributed by atoms with Crippen LogP contribution in [-0.2, 0) is 17.9 Å². The van der Waals surface area contributed by atoms with Crippen LogP contribution in [0.3, 0.4) is 0 Å². The molecule has 1 aromatic heterocycles. The zero-order chi connectivity index (χ0) is 11.2. The lowest BCUT2D eigenvalue weighted by Crippen LogP contribution is -2.06. The number of hydrogen-bond acceptors (Lipinski definition) is 2. The van der Waals surface area contributed by atoms with Crippen molar-refractivity contribution in [2.24, 2.45) is 0 Å². The molecule has 0 N–H and O–H groups in total. The molecular weight excluding hydrogens is 207 g/mol. The molecule has 3 nitrogen and oxygen atoms in total. The van der Waals surface area contributed by atoms with Crippen LogP contribution < -0.4 is 0 Å². The molecule has 2 aromatic rings. The number of rotatable bonds is 5. The van der Waals surface area contributed by atoms with E-state index in [0.29, 0.717) is 19.8 Å². The van der Waals surface area contributed by atoms with Crippen molar-refractivity contribution in [1.82, 2.24) is 9.78 Å². The van der Waals surface area contributed by atoms with E-state index < -0.39 is 0 Å². The van der Waals surface area contributed by atoms with E-state index in [2.05, 4.69) is 5.10 Å². The zero-order valence-corrected chi connectivity index (χ0v) is 8.84. The van der Waals surface area contributed by atoms with Gasteiger partial charge in [0.15, 0.2) is 5.82 Å². The molecule has 16 heavy (non-hydrogen) atoms. The van der Waals surface area contributed by atoms with Crippen LogP contribution in [0.25, 0.3) is 0 Å². The van der Waals surface area contributed by atoms with Crippen molar-refractivity contribution in [3.63, 3.8) is 0 Å². The molecule has 84 valence electrons. The van der Waals surface area contributed by atoms with Crippen LogP contribution in [0.5, 0.6) is 0 Å². The Hall–Kier alpha value is -1.68. The first-order chi connectivity index (χ1) is 7.84. The lowest BCUT2D eigenvalue weighted by atomic mass is 10.2. The molecule has 2 rings (SSSR count). The topological polar surface area (TPSA) is 27.1 Å². The van der Waals surface area contributed by atoms with Crippen molar-refractivity contribution in [2.75, 3.05) is 6.61 Å². The number of halogens is 1. The summed E-state index contributed by atoms with van der Waals surface area (Å²) in [7, 11) is 0. The Bertz CT molecular complexity index is 428. The minimum atomic E-state index is -0.317. The highest BCUT2D eigenvalue weighted by Crippen LogP contribution is 2.00. The third kappa shape index (κ3) is 3.17. The highest BCUT2D eigenvalue weighted by atomic mass is 19.1. The van der Waals surface area contributed by atoms with Gasteiger partial charge in [-0.15, -0.1) is 0 Å². The second-order valence-electron chi connectivity index (χ2n) is 3.46. The van der Waals surface area contributed by atoms with E-state index in [1.165, 1.54) is 17.1 Å². The first-order valence-corrected chi connectivity index (χ1v) is 5.14. The Morgan fingerprint density at radius 1 is 1.25 bits per heavy atom. The van der Waals surface area contributed by atoms with Crippen LogP contribution in [-0.4, -0.2) is 16.4 Å². The number of benzene rings is 1. The molecule has 0 amide bonds. The number of nitrogens with zero attached hydrogens (tertiary/aromatic N) is 2. The second-order valence-corrected chi connectivity index (χ2v) is 3.46. The SMILES string of the molecule is Fc1cnn(CCOCc2ccccc2)c1.